The number of nitrogens with one attached hydrogen (secondary N) is 1. The molecule has 3 nitrogen and oxygen atoms in total. The van der Waals surface area contributed by atoms with Crippen molar-refractivity contribution in [2.75, 3.05) is 26.2 Å². The standard InChI is InChI=1S/C13H21N3S/c1-2-16-8-5-11-12(9-16)17-13(15-11)10-3-6-14-7-4-10/h10,14H,2-9H2,1H3. The highest BCUT2D eigenvalue weighted by molar-refractivity contribution is 7.11. The van der Waals surface area contributed by atoms with Crippen LogP contribution in [0.3, 0.4) is 0 Å². The van der Waals surface area contributed by atoms with Crippen LogP contribution >= 0.6 is 11.3 Å². The summed E-state index contributed by atoms with van der Waals surface area (Å²) in [5.74, 6) is 0.724. The molecule has 1 aromatic rings. The second-order valence-electron chi connectivity index (χ2n) is 5.07. The van der Waals surface area contributed by atoms with E-state index in [-0.39, 0.29) is 0 Å². The van der Waals surface area contributed by atoms with E-state index in [1.807, 2.05) is 11.3 Å². The number of hydrogen-bond donors (Lipinski definition) is 1. The summed E-state index contributed by atoms with van der Waals surface area (Å²) in [6.45, 7) is 8.07. The summed E-state index contributed by atoms with van der Waals surface area (Å²) < 4.78 is 0. The van der Waals surface area contributed by atoms with Gasteiger partial charge in [-0.05, 0) is 32.5 Å². The van der Waals surface area contributed by atoms with Crippen LogP contribution in [0.2, 0.25) is 0 Å². The van der Waals surface area contributed by atoms with Gasteiger partial charge < -0.3 is 5.32 Å². The molecule has 3 heterocycles. The van der Waals surface area contributed by atoms with Crippen molar-refractivity contribution in [1.82, 2.24) is 15.2 Å². The molecule has 4 heteroatoms. The minimum absolute atomic E-state index is 0.724. The lowest BCUT2D eigenvalue weighted by molar-refractivity contribution is 0.269. The summed E-state index contributed by atoms with van der Waals surface area (Å²) in [7, 11) is 0. The summed E-state index contributed by atoms with van der Waals surface area (Å²) in [5.41, 5.74) is 1.40. The van der Waals surface area contributed by atoms with Crippen molar-refractivity contribution in [3.05, 3.63) is 15.6 Å². The van der Waals surface area contributed by atoms with Crippen molar-refractivity contribution in [3.8, 4) is 0 Å². The molecule has 3 rings (SSSR count). The molecule has 1 saturated heterocycles. The monoisotopic (exact) mass is 251 g/mol. The molecule has 1 fully saturated rings. The fourth-order valence-corrected chi connectivity index (χ4v) is 4.11. The van der Waals surface area contributed by atoms with Crippen LogP contribution in [0.4, 0.5) is 0 Å². The number of fused-ring (bicyclic) bond motifs is 1. The number of rotatable bonds is 2. The molecule has 1 aromatic heterocycles. The van der Waals surface area contributed by atoms with Gasteiger partial charge in [0.2, 0.25) is 0 Å². The Balaban J connectivity index is 1.77. The van der Waals surface area contributed by atoms with Gasteiger partial charge in [-0.15, -0.1) is 11.3 Å². The zero-order valence-electron chi connectivity index (χ0n) is 10.5. The van der Waals surface area contributed by atoms with E-state index >= 15 is 0 Å². The van der Waals surface area contributed by atoms with Crippen LogP contribution in [0.5, 0.6) is 0 Å². The molecular formula is C13H21N3S. The third-order valence-corrected chi connectivity index (χ3v) is 5.21. The van der Waals surface area contributed by atoms with Crippen LogP contribution in [0, 0.1) is 0 Å². The van der Waals surface area contributed by atoms with Crippen LogP contribution in [-0.4, -0.2) is 36.1 Å². The van der Waals surface area contributed by atoms with Gasteiger partial charge in [0.25, 0.3) is 0 Å². The van der Waals surface area contributed by atoms with Gasteiger partial charge in [-0.3, -0.25) is 4.90 Å². The van der Waals surface area contributed by atoms with E-state index in [1.54, 1.807) is 0 Å². The average Bonchev–Trinajstić information content (AvgIpc) is 2.82. The SMILES string of the molecule is CCN1CCc2nc(C3CCNCC3)sc2C1. The second kappa shape index (κ2) is 5.04. The highest BCUT2D eigenvalue weighted by Gasteiger charge is 2.24. The average molecular weight is 251 g/mol. The number of likely N-dealkylation sites (N-methyl/N-ethyl adjacent to an activating group) is 1. The normalized spacial score (nSPS) is 22.6. The van der Waals surface area contributed by atoms with Gasteiger partial charge in [-0.2, -0.15) is 0 Å². The number of hydrogen-bond acceptors (Lipinski definition) is 4. The van der Waals surface area contributed by atoms with E-state index in [9.17, 15) is 0 Å². The lowest BCUT2D eigenvalue weighted by atomic mass is 9.99. The quantitative estimate of drug-likeness (QED) is 0.871. The molecule has 0 atom stereocenters. The topological polar surface area (TPSA) is 28.2 Å². The summed E-state index contributed by atoms with van der Waals surface area (Å²) in [5, 5.41) is 4.84. The van der Waals surface area contributed by atoms with E-state index < -0.39 is 0 Å². The van der Waals surface area contributed by atoms with Crippen LogP contribution in [0.25, 0.3) is 0 Å². The van der Waals surface area contributed by atoms with Gasteiger partial charge >= 0.3 is 0 Å². The maximum Gasteiger partial charge on any atom is 0.0963 e. The number of thiazole rings is 1. The fourth-order valence-electron chi connectivity index (χ4n) is 2.78. The van der Waals surface area contributed by atoms with Crippen LogP contribution < -0.4 is 5.32 Å². The number of nitrogens with zero attached hydrogens (tertiary/aromatic N) is 2. The summed E-state index contributed by atoms with van der Waals surface area (Å²) in [6.07, 6.45) is 3.69. The Morgan fingerprint density at radius 1 is 1.41 bits per heavy atom. The Labute approximate surface area is 107 Å². The van der Waals surface area contributed by atoms with Crippen molar-refractivity contribution in [2.24, 2.45) is 0 Å². The van der Waals surface area contributed by atoms with Gasteiger partial charge in [0.15, 0.2) is 0 Å². The van der Waals surface area contributed by atoms with Gasteiger partial charge in [-0.25, -0.2) is 4.98 Å². The van der Waals surface area contributed by atoms with Crippen LogP contribution in [-0.2, 0) is 13.0 Å². The predicted octanol–water partition coefficient (Wildman–Crippen LogP) is 1.99. The first-order chi connectivity index (χ1) is 8.36. The molecule has 17 heavy (non-hydrogen) atoms. The minimum atomic E-state index is 0.724. The zero-order chi connectivity index (χ0) is 11.7. The first kappa shape index (κ1) is 11.6. The van der Waals surface area contributed by atoms with E-state index in [2.05, 4.69) is 17.1 Å². The molecule has 0 spiro atoms. The molecule has 1 N–H and O–H groups in total. The van der Waals surface area contributed by atoms with Crippen molar-refractivity contribution >= 4 is 11.3 Å². The Morgan fingerprint density at radius 2 is 2.24 bits per heavy atom. The molecular weight excluding hydrogens is 230 g/mol. The van der Waals surface area contributed by atoms with Gasteiger partial charge in [-0.1, -0.05) is 6.92 Å². The Morgan fingerprint density at radius 3 is 3.00 bits per heavy atom. The highest BCUT2D eigenvalue weighted by atomic mass is 32.1. The van der Waals surface area contributed by atoms with Crippen molar-refractivity contribution in [1.29, 1.82) is 0 Å². The summed E-state index contributed by atoms with van der Waals surface area (Å²) in [6, 6.07) is 0. The highest BCUT2D eigenvalue weighted by Crippen LogP contribution is 2.33. The fraction of sp³-hybridized carbons (Fsp3) is 0.769. The molecule has 0 aromatic carbocycles. The Bertz CT molecular complexity index is 382. The van der Waals surface area contributed by atoms with E-state index in [0.717, 1.165) is 32.0 Å². The molecule has 0 aliphatic carbocycles. The van der Waals surface area contributed by atoms with E-state index in [4.69, 9.17) is 4.98 Å². The third-order valence-electron chi connectivity index (χ3n) is 3.96. The van der Waals surface area contributed by atoms with Gasteiger partial charge in [0.05, 0.1) is 10.7 Å². The van der Waals surface area contributed by atoms with Crippen LogP contribution in [0.15, 0.2) is 0 Å². The summed E-state index contributed by atoms with van der Waals surface area (Å²) >= 11 is 1.98. The maximum absolute atomic E-state index is 4.91. The van der Waals surface area contributed by atoms with E-state index in [0.29, 0.717) is 0 Å². The van der Waals surface area contributed by atoms with E-state index in [1.165, 1.54) is 41.5 Å². The minimum Gasteiger partial charge on any atom is -0.317 e. The first-order valence-electron chi connectivity index (χ1n) is 6.78. The largest absolute Gasteiger partial charge is 0.317 e. The summed E-state index contributed by atoms with van der Waals surface area (Å²) in [4.78, 5) is 8.96. The maximum atomic E-state index is 4.91. The van der Waals surface area contributed by atoms with Crippen molar-refractivity contribution in [2.45, 2.75) is 38.6 Å². The zero-order valence-corrected chi connectivity index (χ0v) is 11.4. The first-order valence-corrected chi connectivity index (χ1v) is 7.60. The number of piperidine rings is 1. The lowest BCUT2D eigenvalue weighted by Crippen LogP contribution is -2.29. The van der Waals surface area contributed by atoms with Crippen LogP contribution in [0.1, 0.15) is 41.3 Å². The Hall–Kier alpha value is -0.450. The second-order valence-corrected chi connectivity index (χ2v) is 6.18. The molecule has 0 radical (unpaired) electrons. The van der Waals surface area contributed by atoms with Crippen molar-refractivity contribution < 1.29 is 0 Å². The lowest BCUT2D eigenvalue weighted by Gasteiger charge is -2.23. The Kier molecular flexibility index (Phi) is 3.45. The molecule has 0 amide bonds. The molecule has 0 saturated carbocycles. The third kappa shape index (κ3) is 2.39. The smallest absolute Gasteiger partial charge is 0.0963 e. The predicted molar refractivity (Wildman–Crippen MR) is 71.6 cm³/mol. The van der Waals surface area contributed by atoms with Crippen molar-refractivity contribution in [3.63, 3.8) is 0 Å². The molecule has 2 aliphatic rings. The molecule has 0 bridgehead atoms. The molecule has 2 aliphatic heterocycles. The molecule has 0 unspecified atom stereocenters. The molecule has 94 valence electrons. The van der Waals surface area contributed by atoms with Gasteiger partial charge in [0, 0.05) is 30.3 Å². The number of aromatic nitrogens is 1. The van der Waals surface area contributed by atoms with Gasteiger partial charge in [0.1, 0.15) is 0 Å².